The Labute approximate surface area is 68.6 Å². The molecule has 0 saturated carbocycles. The van der Waals surface area contributed by atoms with Crippen LogP contribution >= 0.6 is 0 Å². The van der Waals surface area contributed by atoms with Gasteiger partial charge in [-0.2, -0.15) is 0 Å². The van der Waals surface area contributed by atoms with Gasteiger partial charge in [0.05, 0.1) is 12.8 Å². The average molecular weight is 158 g/mol. The van der Waals surface area contributed by atoms with Crippen molar-refractivity contribution in [1.82, 2.24) is 9.80 Å². The van der Waals surface area contributed by atoms with Gasteiger partial charge in [-0.15, -0.1) is 0 Å². The van der Waals surface area contributed by atoms with Crippen LogP contribution in [0.3, 0.4) is 0 Å². The van der Waals surface area contributed by atoms with Gasteiger partial charge in [0.1, 0.15) is 0 Å². The number of hydrogen-bond acceptors (Lipinski definition) is 3. The normalized spacial score (nSPS) is 22.9. The molecule has 1 saturated heterocycles. The van der Waals surface area contributed by atoms with Crippen molar-refractivity contribution >= 4 is 0 Å². The second kappa shape index (κ2) is 4.04. The highest BCUT2D eigenvalue weighted by Gasteiger charge is 2.16. The van der Waals surface area contributed by atoms with Crippen LogP contribution in [0, 0.1) is 0 Å². The van der Waals surface area contributed by atoms with Gasteiger partial charge in [-0.05, 0) is 26.9 Å². The van der Waals surface area contributed by atoms with E-state index in [1.54, 1.807) is 0 Å². The third kappa shape index (κ3) is 3.18. The molecule has 0 atom stereocenters. The van der Waals surface area contributed by atoms with Crippen molar-refractivity contribution in [2.45, 2.75) is 18.9 Å². The van der Waals surface area contributed by atoms with Gasteiger partial charge in [0, 0.05) is 13.1 Å². The van der Waals surface area contributed by atoms with Gasteiger partial charge < -0.3 is 5.11 Å². The highest BCUT2D eigenvalue weighted by Crippen LogP contribution is 2.09. The molecule has 1 rings (SSSR count). The Morgan fingerprint density at radius 1 is 1.36 bits per heavy atom. The van der Waals surface area contributed by atoms with Gasteiger partial charge in [0.2, 0.25) is 0 Å². The van der Waals surface area contributed by atoms with E-state index in [2.05, 4.69) is 23.9 Å². The summed E-state index contributed by atoms with van der Waals surface area (Å²) < 4.78 is 0. The van der Waals surface area contributed by atoms with E-state index >= 15 is 0 Å². The molecular formula is C8H18N2O. The minimum atomic E-state index is -0.0478. The molecule has 0 radical (unpaired) electrons. The maximum atomic E-state index is 9.22. The van der Waals surface area contributed by atoms with Crippen molar-refractivity contribution in [2.75, 3.05) is 33.9 Å². The largest absolute Gasteiger partial charge is 0.393 e. The van der Waals surface area contributed by atoms with Gasteiger partial charge in [-0.25, -0.2) is 0 Å². The van der Waals surface area contributed by atoms with E-state index in [-0.39, 0.29) is 6.10 Å². The summed E-state index contributed by atoms with van der Waals surface area (Å²) in [6.45, 7) is 3.10. The highest BCUT2D eigenvalue weighted by molar-refractivity contribution is 4.69. The molecule has 0 aromatic heterocycles. The Hall–Kier alpha value is -0.120. The zero-order valence-corrected chi connectivity index (χ0v) is 7.45. The van der Waals surface area contributed by atoms with E-state index in [1.807, 2.05) is 0 Å². The summed E-state index contributed by atoms with van der Waals surface area (Å²) in [6, 6.07) is 0. The van der Waals surface area contributed by atoms with Crippen LogP contribution in [-0.4, -0.2) is 54.9 Å². The molecule has 3 heteroatoms. The average Bonchev–Trinajstić information content (AvgIpc) is 1.93. The van der Waals surface area contributed by atoms with Crippen molar-refractivity contribution in [3.8, 4) is 0 Å². The first-order valence-corrected chi connectivity index (χ1v) is 4.23. The smallest absolute Gasteiger partial charge is 0.0564 e. The monoisotopic (exact) mass is 158 g/mol. The van der Waals surface area contributed by atoms with Crippen molar-refractivity contribution in [2.24, 2.45) is 0 Å². The van der Waals surface area contributed by atoms with Crippen molar-refractivity contribution in [1.29, 1.82) is 0 Å². The molecule has 0 amide bonds. The molecule has 3 nitrogen and oxygen atoms in total. The molecule has 1 heterocycles. The summed E-state index contributed by atoms with van der Waals surface area (Å²) in [7, 11) is 4.15. The summed E-state index contributed by atoms with van der Waals surface area (Å²) in [5.74, 6) is 0. The molecule has 0 aromatic rings. The van der Waals surface area contributed by atoms with E-state index in [4.69, 9.17) is 0 Å². The van der Waals surface area contributed by atoms with Crippen molar-refractivity contribution in [3.05, 3.63) is 0 Å². The molecule has 0 bridgehead atoms. The minimum Gasteiger partial charge on any atom is -0.393 e. The van der Waals surface area contributed by atoms with Gasteiger partial charge in [0.15, 0.2) is 0 Å². The van der Waals surface area contributed by atoms with Gasteiger partial charge >= 0.3 is 0 Å². The van der Waals surface area contributed by atoms with E-state index in [1.165, 1.54) is 0 Å². The predicted octanol–water partition coefficient (Wildman–Crippen LogP) is -0.0378. The fourth-order valence-corrected chi connectivity index (χ4v) is 1.46. The Morgan fingerprint density at radius 2 is 1.91 bits per heavy atom. The van der Waals surface area contributed by atoms with Crippen LogP contribution in [-0.2, 0) is 0 Å². The van der Waals surface area contributed by atoms with E-state index in [9.17, 15) is 5.11 Å². The Bertz CT molecular complexity index is 109. The third-order valence-electron chi connectivity index (χ3n) is 2.04. The summed E-state index contributed by atoms with van der Waals surface area (Å²) >= 11 is 0. The van der Waals surface area contributed by atoms with Crippen molar-refractivity contribution in [3.63, 3.8) is 0 Å². The fraction of sp³-hybridized carbons (Fsp3) is 1.00. The van der Waals surface area contributed by atoms with E-state index in [0.717, 1.165) is 32.6 Å². The Morgan fingerprint density at radius 3 is 2.36 bits per heavy atom. The number of likely N-dealkylation sites (tertiary alicyclic amines) is 1. The first-order chi connectivity index (χ1) is 5.18. The maximum absolute atomic E-state index is 9.22. The van der Waals surface area contributed by atoms with E-state index in [0.29, 0.717) is 0 Å². The number of aliphatic hydroxyl groups excluding tert-OH is 1. The summed E-state index contributed by atoms with van der Waals surface area (Å²) in [6.07, 6.45) is 1.83. The zero-order chi connectivity index (χ0) is 8.27. The Kier molecular flexibility index (Phi) is 3.30. The predicted molar refractivity (Wildman–Crippen MR) is 45.4 cm³/mol. The lowest BCUT2D eigenvalue weighted by Gasteiger charge is -2.31. The molecule has 1 aliphatic rings. The number of nitrogens with zero attached hydrogens (tertiary/aromatic N) is 2. The summed E-state index contributed by atoms with van der Waals surface area (Å²) in [5.41, 5.74) is 0. The second-order valence-corrected chi connectivity index (χ2v) is 3.57. The molecule has 0 aromatic carbocycles. The van der Waals surface area contributed by atoms with Crippen LogP contribution in [0.15, 0.2) is 0 Å². The van der Waals surface area contributed by atoms with Crippen LogP contribution in [0.5, 0.6) is 0 Å². The first kappa shape index (κ1) is 8.97. The SMILES string of the molecule is CN(C)CN1CCC(O)CC1. The fourth-order valence-electron chi connectivity index (χ4n) is 1.46. The van der Waals surface area contributed by atoms with Gasteiger partial charge in [-0.1, -0.05) is 0 Å². The van der Waals surface area contributed by atoms with Gasteiger partial charge in [-0.3, -0.25) is 9.80 Å². The van der Waals surface area contributed by atoms with Crippen LogP contribution in [0.25, 0.3) is 0 Å². The lowest BCUT2D eigenvalue weighted by Crippen LogP contribution is -2.40. The quantitative estimate of drug-likeness (QED) is 0.611. The summed E-state index contributed by atoms with van der Waals surface area (Å²) in [4.78, 5) is 4.53. The molecule has 0 unspecified atom stereocenters. The minimum absolute atomic E-state index is 0.0478. The topological polar surface area (TPSA) is 26.7 Å². The molecule has 0 aliphatic carbocycles. The molecule has 0 spiro atoms. The second-order valence-electron chi connectivity index (χ2n) is 3.57. The highest BCUT2D eigenvalue weighted by atomic mass is 16.3. The van der Waals surface area contributed by atoms with E-state index < -0.39 is 0 Å². The van der Waals surface area contributed by atoms with Crippen LogP contribution in [0.1, 0.15) is 12.8 Å². The molecule has 1 N–H and O–H groups in total. The lowest BCUT2D eigenvalue weighted by molar-refractivity contribution is 0.0611. The molecule has 11 heavy (non-hydrogen) atoms. The van der Waals surface area contributed by atoms with Crippen molar-refractivity contribution < 1.29 is 5.11 Å². The number of hydrogen-bond donors (Lipinski definition) is 1. The van der Waals surface area contributed by atoms with Crippen LogP contribution < -0.4 is 0 Å². The maximum Gasteiger partial charge on any atom is 0.0564 e. The molecule has 1 fully saturated rings. The molecule has 66 valence electrons. The number of rotatable bonds is 2. The first-order valence-electron chi connectivity index (χ1n) is 4.23. The van der Waals surface area contributed by atoms with Crippen LogP contribution in [0.2, 0.25) is 0 Å². The van der Waals surface area contributed by atoms with Gasteiger partial charge in [0.25, 0.3) is 0 Å². The summed E-state index contributed by atoms with van der Waals surface area (Å²) in [5, 5.41) is 9.22. The molecule has 1 aliphatic heterocycles. The zero-order valence-electron chi connectivity index (χ0n) is 7.45. The standard InChI is InChI=1S/C8H18N2O/c1-9(2)7-10-5-3-8(11)4-6-10/h8,11H,3-7H2,1-2H3. The van der Waals surface area contributed by atoms with Crippen LogP contribution in [0.4, 0.5) is 0 Å². The Balaban J connectivity index is 2.17. The third-order valence-corrected chi connectivity index (χ3v) is 2.04. The number of piperidine rings is 1. The molecular weight excluding hydrogens is 140 g/mol. The number of aliphatic hydroxyl groups is 1. The lowest BCUT2D eigenvalue weighted by atomic mass is 10.1.